The van der Waals surface area contributed by atoms with Crippen LogP contribution in [0.5, 0.6) is 0 Å². The van der Waals surface area contributed by atoms with Gasteiger partial charge < -0.3 is 15.4 Å². The van der Waals surface area contributed by atoms with Gasteiger partial charge in [-0.15, -0.1) is 0 Å². The molecule has 0 aliphatic carbocycles. The van der Waals surface area contributed by atoms with E-state index in [4.69, 9.17) is 10.5 Å². The Kier molecular flexibility index (Phi) is 4.34. The summed E-state index contributed by atoms with van der Waals surface area (Å²) >= 11 is 0. The second kappa shape index (κ2) is 6.57. The molecule has 3 N–H and O–H groups in total. The second-order valence-corrected chi connectivity index (χ2v) is 5.22. The van der Waals surface area contributed by atoms with Gasteiger partial charge >= 0.3 is 0 Å². The number of nitrogens with two attached hydrogens (primary N) is 1. The number of guanidine groups is 1. The van der Waals surface area contributed by atoms with E-state index in [1.165, 1.54) is 0 Å². The maximum absolute atomic E-state index is 6.04. The molecule has 7 nitrogen and oxygen atoms in total. The summed E-state index contributed by atoms with van der Waals surface area (Å²) in [5, 5.41) is 7.03. The van der Waals surface area contributed by atoms with E-state index in [1.54, 1.807) is 0 Å². The summed E-state index contributed by atoms with van der Waals surface area (Å²) in [5.74, 6) is 2.07. The molecule has 0 bridgehead atoms. The molecule has 0 saturated carbocycles. The third-order valence-corrected chi connectivity index (χ3v) is 3.54. The summed E-state index contributed by atoms with van der Waals surface area (Å²) in [6.07, 6.45) is 0. The van der Waals surface area contributed by atoms with Crippen molar-refractivity contribution in [3.63, 3.8) is 0 Å². The zero-order chi connectivity index (χ0) is 15.4. The summed E-state index contributed by atoms with van der Waals surface area (Å²) in [5.41, 5.74) is 8.09. The lowest BCUT2D eigenvalue weighted by Crippen LogP contribution is -2.44. The van der Waals surface area contributed by atoms with Gasteiger partial charge in [0.25, 0.3) is 0 Å². The van der Waals surface area contributed by atoms with Gasteiger partial charge in [-0.2, -0.15) is 5.10 Å². The lowest BCUT2D eigenvalue weighted by atomic mass is 10.1. The number of nitrogens with one attached hydrogen (secondary N) is 1. The molecular formula is C15H20N6O. The van der Waals surface area contributed by atoms with E-state index < -0.39 is 0 Å². The van der Waals surface area contributed by atoms with Crippen LogP contribution < -0.4 is 5.73 Å². The van der Waals surface area contributed by atoms with Crippen molar-refractivity contribution in [3.8, 4) is 11.4 Å². The van der Waals surface area contributed by atoms with Gasteiger partial charge in [0.05, 0.1) is 19.8 Å². The quantitative estimate of drug-likeness (QED) is 0.650. The molecule has 0 atom stereocenters. The first-order valence-electron chi connectivity index (χ1n) is 7.33. The largest absolute Gasteiger partial charge is 0.378 e. The Hall–Kier alpha value is -2.41. The van der Waals surface area contributed by atoms with Crippen molar-refractivity contribution in [1.29, 1.82) is 0 Å². The molecule has 2 aromatic rings. The molecule has 0 amide bonds. The predicted octanol–water partition coefficient (Wildman–Crippen LogP) is 0.927. The van der Waals surface area contributed by atoms with Crippen LogP contribution in [0.15, 0.2) is 29.3 Å². The van der Waals surface area contributed by atoms with Crippen LogP contribution in [-0.4, -0.2) is 52.3 Å². The Morgan fingerprint density at radius 1 is 1.41 bits per heavy atom. The minimum absolute atomic E-state index is 0.542. The van der Waals surface area contributed by atoms with E-state index in [0.717, 1.165) is 30.0 Å². The third-order valence-electron chi connectivity index (χ3n) is 3.54. The number of aliphatic imine (C=N–C) groups is 1. The van der Waals surface area contributed by atoms with Gasteiger partial charge in [0.2, 0.25) is 0 Å². The average Bonchev–Trinajstić information content (AvgIpc) is 3.00. The van der Waals surface area contributed by atoms with Crippen LogP contribution >= 0.6 is 0 Å². The number of aromatic nitrogens is 3. The molecule has 1 aliphatic rings. The van der Waals surface area contributed by atoms with Gasteiger partial charge in [0.15, 0.2) is 11.8 Å². The molecule has 3 rings (SSSR count). The summed E-state index contributed by atoms with van der Waals surface area (Å²) < 4.78 is 5.31. The molecule has 1 aromatic carbocycles. The summed E-state index contributed by atoms with van der Waals surface area (Å²) in [6.45, 7) is 5.43. The number of ether oxygens (including phenoxy) is 1. The average molecular weight is 300 g/mol. The van der Waals surface area contributed by atoms with Crippen LogP contribution in [0.4, 0.5) is 0 Å². The van der Waals surface area contributed by atoms with Crippen molar-refractivity contribution in [1.82, 2.24) is 20.1 Å². The van der Waals surface area contributed by atoms with Crippen LogP contribution in [-0.2, 0) is 11.3 Å². The van der Waals surface area contributed by atoms with E-state index >= 15 is 0 Å². The summed E-state index contributed by atoms with van der Waals surface area (Å²) in [4.78, 5) is 10.9. The van der Waals surface area contributed by atoms with Crippen LogP contribution in [0.25, 0.3) is 11.4 Å². The van der Waals surface area contributed by atoms with Crippen LogP contribution in [0.1, 0.15) is 11.4 Å². The van der Waals surface area contributed by atoms with Crippen LogP contribution in [0.3, 0.4) is 0 Å². The van der Waals surface area contributed by atoms with Crippen molar-refractivity contribution in [2.75, 3.05) is 26.3 Å². The highest BCUT2D eigenvalue weighted by Gasteiger charge is 2.12. The molecule has 22 heavy (non-hydrogen) atoms. The Morgan fingerprint density at radius 3 is 2.95 bits per heavy atom. The third kappa shape index (κ3) is 3.43. The smallest absolute Gasteiger partial charge is 0.191 e. The van der Waals surface area contributed by atoms with Crippen molar-refractivity contribution in [3.05, 3.63) is 35.7 Å². The lowest BCUT2D eigenvalue weighted by molar-refractivity contribution is 0.0674. The Labute approximate surface area is 129 Å². The van der Waals surface area contributed by atoms with Gasteiger partial charge in [-0.3, -0.25) is 5.10 Å². The number of aromatic amines is 1. The van der Waals surface area contributed by atoms with Gasteiger partial charge in [0, 0.05) is 18.7 Å². The highest BCUT2D eigenvalue weighted by atomic mass is 16.5. The second-order valence-electron chi connectivity index (χ2n) is 5.22. The number of rotatable bonds is 3. The number of hydrogen-bond donors (Lipinski definition) is 2. The van der Waals surface area contributed by atoms with Crippen molar-refractivity contribution >= 4 is 5.96 Å². The zero-order valence-electron chi connectivity index (χ0n) is 12.6. The van der Waals surface area contributed by atoms with Gasteiger partial charge in [-0.1, -0.05) is 18.2 Å². The molecule has 0 spiro atoms. The van der Waals surface area contributed by atoms with E-state index in [0.29, 0.717) is 31.5 Å². The van der Waals surface area contributed by atoms with Crippen LogP contribution in [0.2, 0.25) is 0 Å². The van der Waals surface area contributed by atoms with Gasteiger partial charge in [-0.25, -0.2) is 9.98 Å². The van der Waals surface area contributed by atoms with Gasteiger partial charge in [0.1, 0.15) is 5.82 Å². The molecule has 1 saturated heterocycles. The maximum atomic E-state index is 6.04. The number of benzene rings is 1. The van der Waals surface area contributed by atoms with Crippen molar-refractivity contribution < 1.29 is 4.74 Å². The first kappa shape index (κ1) is 14.5. The fourth-order valence-corrected chi connectivity index (χ4v) is 2.35. The Balaban J connectivity index is 1.70. The lowest BCUT2D eigenvalue weighted by Gasteiger charge is -2.27. The summed E-state index contributed by atoms with van der Waals surface area (Å²) in [7, 11) is 0. The number of hydrogen-bond acceptors (Lipinski definition) is 4. The fourth-order valence-electron chi connectivity index (χ4n) is 2.35. The normalized spacial score (nSPS) is 16.0. The molecule has 1 aliphatic heterocycles. The van der Waals surface area contributed by atoms with E-state index in [2.05, 4.69) is 20.2 Å². The first-order valence-corrected chi connectivity index (χ1v) is 7.33. The zero-order valence-corrected chi connectivity index (χ0v) is 12.6. The van der Waals surface area contributed by atoms with Crippen molar-refractivity contribution in [2.24, 2.45) is 10.7 Å². The highest BCUT2D eigenvalue weighted by molar-refractivity contribution is 5.78. The standard InChI is InChI=1S/C15H20N6O/c1-11-18-14(20-19-11)13-4-2-3-12(9-13)10-17-15(16)21-5-7-22-8-6-21/h2-4,9H,5-8,10H2,1H3,(H2,16,17)(H,18,19,20). The Bertz CT molecular complexity index is 660. The van der Waals surface area contributed by atoms with Crippen LogP contribution in [0, 0.1) is 6.92 Å². The molecule has 2 heterocycles. The SMILES string of the molecule is Cc1nc(-c2cccc(CN=C(N)N3CCOCC3)c2)n[nH]1. The highest BCUT2D eigenvalue weighted by Crippen LogP contribution is 2.16. The number of morpholine rings is 1. The number of aryl methyl sites for hydroxylation is 1. The maximum Gasteiger partial charge on any atom is 0.191 e. The topological polar surface area (TPSA) is 92.4 Å². The predicted molar refractivity (Wildman–Crippen MR) is 84.3 cm³/mol. The monoisotopic (exact) mass is 300 g/mol. The molecule has 1 fully saturated rings. The Morgan fingerprint density at radius 2 is 2.23 bits per heavy atom. The summed E-state index contributed by atoms with van der Waals surface area (Å²) in [6, 6.07) is 8.04. The van der Waals surface area contributed by atoms with Gasteiger partial charge in [-0.05, 0) is 18.6 Å². The fraction of sp³-hybridized carbons (Fsp3) is 0.400. The molecule has 7 heteroatoms. The number of H-pyrrole nitrogens is 1. The molecule has 0 radical (unpaired) electrons. The molecular weight excluding hydrogens is 280 g/mol. The van der Waals surface area contributed by atoms with E-state index in [9.17, 15) is 0 Å². The first-order chi connectivity index (χ1) is 10.7. The number of nitrogens with zero attached hydrogens (tertiary/aromatic N) is 4. The van der Waals surface area contributed by atoms with E-state index in [-0.39, 0.29) is 0 Å². The van der Waals surface area contributed by atoms with E-state index in [1.807, 2.05) is 36.1 Å². The minimum Gasteiger partial charge on any atom is -0.378 e. The molecule has 0 unspecified atom stereocenters. The molecule has 116 valence electrons. The minimum atomic E-state index is 0.542. The molecule has 1 aromatic heterocycles. The van der Waals surface area contributed by atoms with Crippen molar-refractivity contribution in [2.45, 2.75) is 13.5 Å².